The van der Waals surface area contributed by atoms with Gasteiger partial charge in [0.25, 0.3) is 0 Å². The first-order chi connectivity index (χ1) is 10.0. The van der Waals surface area contributed by atoms with Gasteiger partial charge < -0.3 is 14.8 Å². The van der Waals surface area contributed by atoms with Gasteiger partial charge >= 0.3 is 0 Å². The van der Waals surface area contributed by atoms with Crippen LogP contribution in [0.25, 0.3) is 0 Å². The van der Waals surface area contributed by atoms with Gasteiger partial charge in [-0.15, -0.1) is 0 Å². The maximum Gasteiger partial charge on any atom is 0.110 e. The molecule has 0 spiro atoms. The van der Waals surface area contributed by atoms with Crippen molar-refractivity contribution in [1.29, 1.82) is 0 Å². The number of hydrogen-bond acceptors (Lipinski definition) is 3. The van der Waals surface area contributed by atoms with E-state index in [-0.39, 0.29) is 5.54 Å². The molecule has 3 unspecified atom stereocenters. The minimum absolute atomic E-state index is 0.247. The molecular weight excluding hydrogens is 260 g/mol. The summed E-state index contributed by atoms with van der Waals surface area (Å²) in [7, 11) is 6.60. The molecule has 0 amide bonds. The topological polar surface area (TPSA) is 33.1 Å². The van der Waals surface area contributed by atoms with Crippen LogP contribution in [0.5, 0.6) is 0 Å². The van der Waals surface area contributed by atoms with Crippen LogP contribution in [-0.4, -0.2) is 47.2 Å². The highest BCUT2D eigenvalue weighted by molar-refractivity contribution is 5.06. The smallest absolute Gasteiger partial charge is 0.110 e. The van der Waals surface area contributed by atoms with Gasteiger partial charge in [-0.3, -0.25) is 0 Å². The molecule has 3 atom stereocenters. The summed E-state index contributed by atoms with van der Waals surface area (Å²) >= 11 is 0. The minimum Gasteiger partial charge on any atom is -0.335 e. The number of nitrogens with zero attached hydrogens (tertiary/aromatic N) is 3. The van der Waals surface area contributed by atoms with E-state index in [4.69, 9.17) is 0 Å². The molecule has 0 bridgehead atoms. The van der Waals surface area contributed by atoms with Crippen molar-refractivity contribution < 1.29 is 0 Å². The van der Waals surface area contributed by atoms with E-state index in [9.17, 15) is 0 Å². The first-order valence-electron chi connectivity index (χ1n) is 8.38. The van der Waals surface area contributed by atoms with Gasteiger partial charge in [0, 0.05) is 36.9 Å². The molecule has 0 aromatic carbocycles. The summed E-state index contributed by atoms with van der Waals surface area (Å²) in [6, 6.07) is 0.447. The number of hydrogen-bond donors (Lipinski definition) is 1. The van der Waals surface area contributed by atoms with Crippen molar-refractivity contribution in [3.63, 3.8) is 0 Å². The Morgan fingerprint density at radius 3 is 2.86 bits per heavy atom. The monoisotopic (exact) mass is 292 g/mol. The molecule has 2 rings (SSSR count). The molecule has 0 aliphatic heterocycles. The van der Waals surface area contributed by atoms with Crippen molar-refractivity contribution in [3.05, 3.63) is 18.2 Å². The number of aryl methyl sites for hydroxylation is 1. The van der Waals surface area contributed by atoms with Crippen LogP contribution >= 0.6 is 0 Å². The Morgan fingerprint density at radius 2 is 2.29 bits per heavy atom. The Balaban J connectivity index is 2.24. The van der Waals surface area contributed by atoms with Gasteiger partial charge in [0.05, 0.1) is 0 Å². The average molecular weight is 292 g/mol. The van der Waals surface area contributed by atoms with Crippen LogP contribution < -0.4 is 5.32 Å². The second-order valence-electron chi connectivity index (χ2n) is 6.87. The second kappa shape index (κ2) is 6.93. The zero-order valence-electron chi connectivity index (χ0n) is 14.4. The first kappa shape index (κ1) is 16.5. The molecule has 1 saturated carbocycles. The number of likely N-dealkylation sites (N-methyl/N-ethyl adjacent to an activating group) is 2. The number of imidazole rings is 1. The minimum atomic E-state index is 0.247. The van der Waals surface area contributed by atoms with Crippen LogP contribution in [0.3, 0.4) is 0 Å². The Hall–Kier alpha value is -0.870. The molecule has 1 aliphatic rings. The van der Waals surface area contributed by atoms with Gasteiger partial charge in [-0.05, 0) is 46.8 Å². The van der Waals surface area contributed by atoms with Gasteiger partial charge in [-0.25, -0.2) is 4.98 Å². The number of aromatic nitrogens is 2. The highest BCUT2D eigenvalue weighted by Crippen LogP contribution is 2.39. The fourth-order valence-electron chi connectivity index (χ4n) is 4.16. The van der Waals surface area contributed by atoms with Crippen molar-refractivity contribution in [1.82, 2.24) is 19.8 Å². The van der Waals surface area contributed by atoms with E-state index in [0.717, 1.165) is 18.9 Å². The van der Waals surface area contributed by atoms with Crippen molar-refractivity contribution in [2.45, 2.75) is 64.1 Å². The first-order valence-corrected chi connectivity index (χ1v) is 8.38. The largest absolute Gasteiger partial charge is 0.335 e. The standard InChI is InChI=1S/C17H32N4/c1-6-21-11-10-19-16(21)12-15(18-3)17(20(4)5)9-7-8-14(2)13-17/h10-11,14-15,18H,6-9,12-13H2,1-5H3. The summed E-state index contributed by atoms with van der Waals surface area (Å²) in [5.41, 5.74) is 0.247. The van der Waals surface area contributed by atoms with Crippen LogP contribution in [0.2, 0.25) is 0 Å². The van der Waals surface area contributed by atoms with E-state index in [2.05, 4.69) is 61.0 Å². The summed E-state index contributed by atoms with van der Waals surface area (Å²) in [6.45, 7) is 5.58. The van der Waals surface area contributed by atoms with Gasteiger partial charge in [0.15, 0.2) is 0 Å². The third-order valence-electron chi connectivity index (χ3n) is 5.43. The predicted octanol–water partition coefficient (Wildman–Crippen LogP) is 2.54. The van der Waals surface area contributed by atoms with Crippen LogP contribution in [0.1, 0.15) is 45.4 Å². The number of rotatable bonds is 6. The third-order valence-corrected chi connectivity index (χ3v) is 5.43. The normalized spacial score (nSPS) is 28.0. The van der Waals surface area contributed by atoms with E-state index in [1.165, 1.54) is 31.5 Å². The fraction of sp³-hybridized carbons (Fsp3) is 0.824. The average Bonchev–Trinajstić information content (AvgIpc) is 2.91. The van der Waals surface area contributed by atoms with E-state index in [1.807, 2.05) is 6.20 Å². The Labute approximate surface area is 129 Å². The van der Waals surface area contributed by atoms with Gasteiger partial charge in [0.1, 0.15) is 5.82 Å². The lowest BCUT2D eigenvalue weighted by molar-refractivity contribution is 0.0390. The third kappa shape index (κ3) is 3.32. The molecule has 1 aromatic heterocycles. The SMILES string of the molecule is CCn1ccnc1CC(NC)C1(N(C)C)CCCC(C)C1. The van der Waals surface area contributed by atoms with Crippen molar-refractivity contribution in [2.24, 2.45) is 5.92 Å². The van der Waals surface area contributed by atoms with Crippen molar-refractivity contribution in [3.8, 4) is 0 Å². The fourth-order valence-corrected chi connectivity index (χ4v) is 4.16. The number of nitrogens with one attached hydrogen (secondary N) is 1. The molecule has 0 saturated heterocycles. The van der Waals surface area contributed by atoms with Crippen LogP contribution in [0.15, 0.2) is 12.4 Å². The summed E-state index contributed by atoms with van der Waals surface area (Å²) in [6.07, 6.45) is 10.3. The maximum atomic E-state index is 4.58. The van der Waals surface area contributed by atoms with Crippen LogP contribution in [0.4, 0.5) is 0 Å². The molecular formula is C17H32N4. The second-order valence-corrected chi connectivity index (χ2v) is 6.87. The van der Waals surface area contributed by atoms with E-state index >= 15 is 0 Å². The maximum absolute atomic E-state index is 4.58. The van der Waals surface area contributed by atoms with E-state index < -0.39 is 0 Å². The molecule has 120 valence electrons. The Morgan fingerprint density at radius 1 is 1.52 bits per heavy atom. The summed E-state index contributed by atoms with van der Waals surface area (Å²) in [5, 5.41) is 3.61. The lowest BCUT2D eigenvalue weighted by atomic mass is 9.70. The highest BCUT2D eigenvalue weighted by Gasteiger charge is 2.43. The highest BCUT2D eigenvalue weighted by atomic mass is 15.2. The summed E-state index contributed by atoms with van der Waals surface area (Å²) in [5.74, 6) is 2.01. The molecule has 21 heavy (non-hydrogen) atoms. The zero-order valence-corrected chi connectivity index (χ0v) is 14.4. The Kier molecular flexibility index (Phi) is 5.44. The van der Waals surface area contributed by atoms with Crippen LogP contribution in [0, 0.1) is 5.92 Å². The molecule has 4 nitrogen and oxygen atoms in total. The van der Waals surface area contributed by atoms with Gasteiger partial charge in [-0.2, -0.15) is 0 Å². The Bertz CT molecular complexity index is 440. The molecule has 0 radical (unpaired) electrons. The van der Waals surface area contributed by atoms with Crippen molar-refractivity contribution in [2.75, 3.05) is 21.1 Å². The van der Waals surface area contributed by atoms with Crippen LogP contribution in [-0.2, 0) is 13.0 Å². The quantitative estimate of drug-likeness (QED) is 0.875. The molecule has 1 aromatic rings. The zero-order chi connectivity index (χ0) is 15.5. The van der Waals surface area contributed by atoms with E-state index in [0.29, 0.717) is 6.04 Å². The van der Waals surface area contributed by atoms with Crippen molar-refractivity contribution >= 4 is 0 Å². The molecule has 1 N–H and O–H groups in total. The van der Waals surface area contributed by atoms with Gasteiger partial charge in [-0.1, -0.05) is 19.8 Å². The molecule has 1 aliphatic carbocycles. The summed E-state index contributed by atoms with van der Waals surface area (Å²) in [4.78, 5) is 7.04. The molecule has 1 heterocycles. The molecule has 1 fully saturated rings. The lowest BCUT2D eigenvalue weighted by Crippen LogP contribution is -2.61. The van der Waals surface area contributed by atoms with Gasteiger partial charge in [0.2, 0.25) is 0 Å². The molecule has 4 heteroatoms. The lowest BCUT2D eigenvalue weighted by Gasteiger charge is -2.50. The predicted molar refractivity (Wildman–Crippen MR) is 88.5 cm³/mol. The summed E-state index contributed by atoms with van der Waals surface area (Å²) < 4.78 is 2.26. The van der Waals surface area contributed by atoms with E-state index in [1.54, 1.807) is 0 Å².